The van der Waals surface area contributed by atoms with Gasteiger partial charge in [0.15, 0.2) is 11.6 Å². The molecule has 1 amide bonds. The fourth-order valence-corrected chi connectivity index (χ4v) is 3.59. The number of halogens is 2. The molecule has 1 aliphatic rings. The number of benzene rings is 1. The van der Waals surface area contributed by atoms with E-state index in [0.29, 0.717) is 42.8 Å². The molecule has 1 aromatic carbocycles. The molecule has 1 fully saturated rings. The number of ether oxygens (including phenoxy) is 1. The first-order valence-electron chi connectivity index (χ1n) is 10.5. The lowest BCUT2D eigenvalue weighted by atomic mass is 9.87. The molecule has 34 heavy (non-hydrogen) atoms. The van der Waals surface area contributed by atoms with Crippen molar-refractivity contribution in [1.82, 2.24) is 15.2 Å². The van der Waals surface area contributed by atoms with Gasteiger partial charge < -0.3 is 24.9 Å². The van der Waals surface area contributed by atoms with Crippen LogP contribution in [0.15, 0.2) is 34.9 Å². The second-order valence-electron chi connectivity index (χ2n) is 7.90. The number of hydrogen-bond donors (Lipinski definition) is 3. The van der Waals surface area contributed by atoms with Crippen LogP contribution in [0.1, 0.15) is 41.9 Å². The molecule has 10 nitrogen and oxygen atoms in total. The minimum Gasteiger partial charge on any atom is -0.481 e. The van der Waals surface area contributed by atoms with Gasteiger partial charge in [0.25, 0.3) is 0 Å². The third-order valence-corrected chi connectivity index (χ3v) is 5.38. The number of aliphatic carboxylic acids is 1. The Morgan fingerprint density at radius 3 is 2.53 bits per heavy atom. The summed E-state index contributed by atoms with van der Waals surface area (Å²) in [6, 6.07) is 4.62. The van der Waals surface area contributed by atoms with E-state index < -0.39 is 23.5 Å². The van der Waals surface area contributed by atoms with Crippen LogP contribution < -0.4 is 15.4 Å². The number of carbonyl (C=O) groups excluding carboxylic acids is 1. The first-order valence-corrected chi connectivity index (χ1v) is 10.5. The van der Waals surface area contributed by atoms with Crippen LogP contribution in [-0.2, 0) is 4.79 Å². The zero-order valence-electron chi connectivity index (χ0n) is 18.0. The highest BCUT2D eigenvalue weighted by Gasteiger charge is 2.27. The number of carboxylic acid groups (broad SMARTS) is 1. The summed E-state index contributed by atoms with van der Waals surface area (Å²) in [7, 11) is 0. The molecule has 3 aromatic rings. The third kappa shape index (κ3) is 5.45. The van der Waals surface area contributed by atoms with Crippen molar-refractivity contribution in [2.24, 2.45) is 5.92 Å². The zero-order chi connectivity index (χ0) is 24.2. The number of rotatable bonds is 7. The Morgan fingerprint density at radius 1 is 1.09 bits per heavy atom. The molecule has 2 aromatic heterocycles. The molecule has 1 aliphatic carbocycles. The molecule has 0 bridgehead atoms. The molecular formula is C22H21F2N5O5. The van der Waals surface area contributed by atoms with Gasteiger partial charge >= 0.3 is 23.8 Å². The Bertz CT molecular complexity index is 1210. The van der Waals surface area contributed by atoms with Crippen molar-refractivity contribution >= 4 is 29.3 Å². The van der Waals surface area contributed by atoms with Gasteiger partial charge in [0.1, 0.15) is 6.10 Å². The minimum absolute atomic E-state index is 0.110. The van der Waals surface area contributed by atoms with Crippen molar-refractivity contribution < 1.29 is 32.6 Å². The van der Waals surface area contributed by atoms with Crippen molar-refractivity contribution in [3.8, 4) is 5.88 Å². The van der Waals surface area contributed by atoms with Gasteiger partial charge in [0.2, 0.25) is 5.88 Å². The fourth-order valence-electron chi connectivity index (χ4n) is 3.59. The van der Waals surface area contributed by atoms with Crippen molar-refractivity contribution in [3.05, 3.63) is 53.6 Å². The summed E-state index contributed by atoms with van der Waals surface area (Å²) in [6.07, 6.45) is 3.69. The van der Waals surface area contributed by atoms with Crippen LogP contribution in [0.4, 0.5) is 26.2 Å². The standard InChI is InChI=1S/C22H21F2N5O5/c1-11-8-14(10-25-19(11)33-15-5-2-12(3-6-15)21(31)32)26-18(30)20-28-29-22(34-20)27-13-4-7-16(23)17(24)9-13/h4,7-10,12,15H,2-3,5-6H2,1H3,(H,26,30)(H,27,29)(H,31,32)/t12-,15+. The summed E-state index contributed by atoms with van der Waals surface area (Å²) >= 11 is 0. The first kappa shape index (κ1) is 23.1. The second kappa shape index (κ2) is 9.81. The molecule has 0 spiro atoms. The van der Waals surface area contributed by atoms with Gasteiger partial charge in [0.05, 0.1) is 17.8 Å². The van der Waals surface area contributed by atoms with Gasteiger partial charge in [-0.3, -0.25) is 9.59 Å². The number of carboxylic acids is 1. The zero-order valence-corrected chi connectivity index (χ0v) is 18.0. The van der Waals surface area contributed by atoms with Gasteiger partial charge in [-0.05, 0) is 50.8 Å². The van der Waals surface area contributed by atoms with Crippen molar-refractivity contribution in [2.75, 3.05) is 10.6 Å². The van der Waals surface area contributed by atoms with E-state index in [-0.39, 0.29) is 29.6 Å². The summed E-state index contributed by atoms with van der Waals surface area (Å²) < 4.78 is 37.5. The van der Waals surface area contributed by atoms with Gasteiger partial charge in [0, 0.05) is 17.3 Å². The highest BCUT2D eigenvalue weighted by molar-refractivity contribution is 6.00. The number of aromatic nitrogens is 3. The largest absolute Gasteiger partial charge is 0.481 e. The highest BCUT2D eigenvalue weighted by atomic mass is 19.2. The fraction of sp³-hybridized carbons (Fsp3) is 0.318. The molecule has 12 heteroatoms. The second-order valence-corrected chi connectivity index (χ2v) is 7.90. The predicted molar refractivity (Wildman–Crippen MR) is 115 cm³/mol. The summed E-state index contributed by atoms with van der Waals surface area (Å²) in [5.41, 5.74) is 1.23. The summed E-state index contributed by atoms with van der Waals surface area (Å²) in [4.78, 5) is 27.8. The van der Waals surface area contributed by atoms with Crippen LogP contribution in [0, 0.1) is 24.5 Å². The molecule has 0 saturated heterocycles. The number of nitrogens with zero attached hydrogens (tertiary/aromatic N) is 3. The van der Waals surface area contributed by atoms with E-state index in [1.54, 1.807) is 13.0 Å². The van der Waals surface area contributed by atoms with E-state index in [2.05, 4.69) is 25.8 Å². The Kier molecular flexibility index (Phi) is 6.66. The van der Waals surface area contributed by atoms with Crippen molar-refractivity contribution in [2.45, 2.75) is 38.7 Å². The van der Waals surface area contributed by atoms with E-state index in [1.165, 1.54) is 12.3 Å². The lowest BCUT2D eigenvalue weighted by Crippen LogP contribution is -2.28. The molecular weight excluding hydrogens is 452 g/mol. The molecule has 0 aliphatic heterocycles. The van der Waals surface area contributed by atoms with E-state index in [9.17, 15) is 18.4 Å². The van der Waals surface area contributed by atoms with Crippen molar-refractivity contribution in [3.63, 3.8) is 0 Å². The smallest absolute Gasteiger partial charge is 0.320 e. The minimum atomic E-state index is -1.05. The number of carbonyl (C=O) groups is 2. The van der Waals surface area contributed by atoms with Crippen LogP contribution in [0.3, 0.4) is 0 Å². The van der Waals surface area contributed by atoms with Gasteiger partial charge in [-0.15, -0.1) is 5.10 Å². The van der Waals surface area contributed by atoms with Crippen LogP contribution in [0.5, 0.6) is 5.88 Å². The first-order chi connectivity index (χ1) is 16.3. The molecule has 4 rings (SSSR count). The third-order valence-electron chi connectivity index (χ3n) is 5.38. The van der Waals surface area contributed by atoms with E-state index in [4.69, 9.17) is 14.3 Å². The van der Waals surface area contributed by atoms with Crippen LogP contribution in [0.2, 0.25) is 0 Å². The number of pyridine rings is 1. The normalized spacial score (nSPS) is 17.7. The monoisotopic (exact) mass is 473 g/mol. The summed E-state index contributed by atoms with van der Waals surface area (Å²) in [5, 5.41) is 21.6. The Hall–Kier alpha value is -4.09. The molecule has 0 radical (unpaired) electrons. The highest BCUT2D eigenvalue weighted by Crippen LogP contribution is 2.29. The van der Waals surface area contributed by atoms with Crippen molar-refractivity contribution in [1.29, 1.82) is 0 Å². The summed E-state index contributed by atoms with van der Waals surface area (Å²) in [5.74, 6) is -3.78. The Morgan fingerprint density at radius 2 is 1.85 bits per heavy atom. The number of hydrogen-bond acceptors (Lipinski definition) is 8. The number of nitrogens with one attached hydrogen (secondary N) is 2. The molecule has 0 atom stereocenters. The molecule has 3 N–H and O–H groups in total. The van der Waals surface area contributed by atoms with E-state index in [1.807, 2.05) is 0 Å². The quantitative estimate of drug-likeness (QED) is 0.463. The van der Waals surface area contributed by atoms with E-state index >= 15 is 0 Å². The Labute approximate surface area is 192 Å². The number of aryl methyl sites for hydroxylation is 1. The average molecular weight is 473 g/mol. The molecule has 2 heterocycles. The number of anilines is 3. The van der Waals surface area contributed by atoms with Crippen LogP contribution >= 0.6 is 0 Å². The maximum atomic E-state index is 13.3. The SMILES string of the molecule is Cc1cc(NC(=O)c2nnc(Nc3ccc(F)c(F)c3)o2)cnc1O[C@H]1CC[C@@H](C(=O)O)CC1. The van der Waals surface area contributed by atoms with Gasteiger partial charge in [-0.2, -0.15) is 0 Å². The van der Waals surface area contributed by atoms with E-state index in [0.717, 1.165) is 12.1 Å². The van der Waals surface area contributed by atoms with Crippen LogP contribution in [-0.4, -0.2) is 38.3 Å². The molecule has 0 unspecified atom stereocenters. The topological polar surface area (TPSA) is 139 Å². The molecule has 1 saturated carbocycles. The number of amides is 1. The molecule has 178 valence electrons. The lowest BCUT2D eigenvalue weighted by Gasteiger charge is -2.26. The maximum absolute atomic E-state index is 13.3. The van der Waals surface area contributed by atoms with Gasteiger partial charge in [-0.1, -0.05) is 5.10 Å². The van der Waals surface area contributed by atoms with Gasteiger partial charge in [-0.25, -0.2) is 13.8 Å². The average Bonchev–Trinajstić information content (AvgIpc) is 3.27. The Balaban J connectivity index is 1.34. The summed E-state index contributed by atoms with van der Waals surface area (Å²) in [6.45, 7) is 1.78. The maximum Gasteiger partial charge on any atom is 0.320 e. The predicted octanol–water partition coefficient (Wildman–Crippen LogP) is 4.07. The van der Waals surface area contributed by atoms with Crippen LogP contribution in [0.25, 0.3) is 0 Å². The lowest BCUT2D eigenvalue weighted by molar-refractivity contribution is -0.143.